The predicted octanol–water partition coefficient (Wildman–Crippen LogP) is 0.816. The third-order valence-corrected chi connectivity index (χ3v) is 2.45. The van der Waals surface area contributed by atoms with Crippen molar-refractivity contribution in [1.82, 2.24) is 4.90 Å². The lowest BCUT2D eigenvalue weighted by Crippen LogP contribution is -2.47. The summed E-state index contributed by atoms with van der Waals surface area (Å²) in [7, 11) is 0. The molecule has 0 aromatic heterocycles. The molecule has 0 aliphatic carbocycles. The first kappa shape index (κ1) is 11.5. The zero-order chi connectivity index (χ0) is 10.7. The van der Waals surface area contributed by atoms with Crippen molar-refractivity contribution in [2.24, 2.45) is 5.92 Å². The lowest BCUT2D eigenvalue weighted by Gasteiger charge is -2.36. The fraction of sp³-hybridized carbons (Fsp3) is 0.900. The molecule has 3 atom stereocenters. The van der Waals surface area contributed by atoms with E-state index >= 15 is 0 Å². The average molecular weight is 201 g/mol. The fourth-order valence-electron chi connectivity index (χ4n) is 1.90. The van der Waals surface area contributed by atoms with Crippen LogP contribution in [-0.2, 0) is 9.53 Å². The van der Waals surface area contributed by atoms with Gasteiger partial charge in [0, 0.05) is 19.6 Å². The smallest absolute Gasteiger partial charge is 0.307 e. The third-order valence-electron chi connectivity index (χ3n) is 2.45. The maximum Gasteiger partial charge on any atom is 0.307 e. The number of carbonyl (C=O) groups is 1. The molecule has 3 unspecified atom stereocenters. The highest BCUT2D eigenvalue weighted by molar-refractivity contribution is 5.69. The maximum absolute atomic E-state index is 10.7. The summed E-state index contributed by atoms with van der Waals surface area (Å²) in [5.74, 6) is -1.02. The number of carboxylic acid groups (broad SMARTS) is 1. The molecular formula is C10H19NO3. The molecule has 1 fully saturated rings. The minimum absolute atomic E-state index is 0.208. The molecule has 1 rings (SSSR count). The standard InChI is InChI=1S/C10H19NO3/c1-7(10(12)13)4-11-5-8(2)14-9(3)6-11/h7-9H,4-6H2,1-3H3,(H,12,13). The Balaban J connectivity index is 2.40. The summed E-state index contributed by atoms with van der Waals surface area (Å²) in [4.78, 5) is 12.8. The Bertz CT molecular complexity index is 198. The Morgan fingerprint density at radius 2 is 2.00 bits per heavy atom. The van der Waals surface area contributed by atoms with E-state index in [-0.39, 0.29) is 18.1 Å². The van der Waals surface area contributed by atoms with Crippen LogP contribution >= 0.6 is 0 Å². The van der Waals surface area contributed by atoms with Crippen molar-refractivity contribution in [3.05, 3.63) is 0 Å². The van der Waals surface area contributed by atoms with Gasteiger partial charge in [-0.1, -0.05) is 6.92 Å². The van der Waals surface area contributed by atoms with Crippen molar-refractivity contribution in [2.75, 3.05) is 19.6 Å². The highest BCUT2D eigenvalue weighted by Gasteiger charge is 2.24. The molecule has 0 spiro atoms. The minimum Gasteiger partial charge on any atom is -0.481 e. The Hall–Kier alpha value is -0.610. The number of aliphatic carboxylic acids is 1. The summed E-state index contributed by atoms with van der Waals surface area (Å²) in [6.45, 7) is 8.08. The van der Waals surface area contributed by atoms with E-state index in [1.807, 2.05) is 13.8 Å². The van der Waals surface area contributed by atoms with Gasteiger partial charge in [0.05, 0.1) is 18.1 Å². The zero-order valence-electron chi connectivity index (χ0n) is 9.06. The van der Waals surface area contributed by atoms with Gasteiger partial charge in [0.2, 0.25) is 0 Å². The Morgan fingerprint density at radius 3 is 2.43 bits per heavy atom. The highest BCUT2D eigenvalue weighted by atomic mass is 16.5. The van der Waals surface area contributed by atoms with E-state index in [0.29, 0.717) is 6.54 Å². The summed E-state index contributed by atoms with van der Waals surface area (Å²) in [6.07, 6.45) is 0.416. The molecule has 1 aliphatic heterocycles. The monoisotopic (exact) mass is 201 g/mol. The molecular weight excluding hydrogens is 182 g/mol. The van der Waals surface area contributed by atoms with E-state index in [9.17, 15) is 4.79 Å². The van der Waals surface area contributed by atoms with Gasteiger partial charge in [0.15, 0.2) is 0 Å². The molecule has 0 radical (unpaired) electrons. The van der Waals surface area contributed by atoms with Crippen LogP contribution < -0.4 is 0 Å². The number of morpholine rings is 1. The Labute approximate surface area is 84.8 Å². The van der Waals surface area contributed by atoms with Crippen LogP contribution in [-0.4, -0.2) is 47.8 Å². The molecule has 4 nitrogen and oxygen atoms in total. The Morgan fingerprint density at radius 1 is 1.50 bits per heavy atom. The van der Waals surface area contributed by atoms with Gasteiger partial charge in [-0.25, -0.2) is 0 Å². The van der Waals surface area contributed by atoms with Gasteiger partial charge < -0.3 is 9.84 Å². The molecule has 1 N–H and O–H groups in total. The van der Waals surface area contributed by atoms with E-state index in [1.165, 1.54) is 0 Å². The first-order valence-corrected chi connectivity index (χ1v) is 5.09. The van der Waals surface area contributed by atoms with Crippen molar-refractivity contribution in [3.63, 3.8) is 0 Å². The van der Waals surface area contributed by atoms with Crippen molar-refractivity contribution in [3.8, 4) is 0 Å². The van der Waals surface area contributed by atoms with E-state index in [2.05, 4.69) is 4.90 Å². The van der Waals surface area contributed by atoms with Crippen molar-refractivity contribution >= 4 is 5.97 Å². The third kappa shape index (κ3) is 3.27. The lowest BCUT2D eigenvalue weighted by atomic mass is 10.1. The van der Waals surface area contributed by atoms with E-state index in [0.717, 1.165) is 13.1 Å². The molecule has 0 bridgehead atoms. The molecule has 1 saturated heterocycles. The van der Waals surface area contributed by atoms with Crippen LogP contribution in [0.1, 0.15) is 20.8 Å². The molecule has 1 aliphatic rings. The van der Waals surface area contributed by atoms with Gasteiger partial charge >= 0.3 is 5.97 Å². The van der Waals surface area contributed by atoms with Crippen LogP contribution in [0.15, 0.2) is 0 Å². The second-order valence-electron chi connectivity index (χ2n) is 4.22. The SMILES string of the molecule is CC1CN(CC(C)C(=O)O)CC(C)O1. The van der Waals surface area contributed by atoms with Crippen LogP contribution in [0.25, 0.3) is 0 Å². The quantitative estimate of drug-likeness (QED) is 0.734. The number of hydrogen-bond donors (Lipinski definition) is 1. The number of ether oxygens (including phenoxy) is 1. The summed E-state index contributed by atoms with van der Waals surface area (Å²) < 4.78 is 5.57. The van der Waals surface area contributed by atoms with Crippen LogP contribution in [0.4, 0.5) is 0 Å². The second-order valence-corrected chi connectivity index (χ2v) is 4.22. The van der Waals surface area contributed by atoms with Gasteiger partial charge in [0.25, 0.3) is 0 Å². The highest BCUT2D eigenvalue weighted by Crippen LogP contribution is 2.12. The van der Waals surface area contributed by atoms with Crippen LogP contribution in [0.3, 0.4) is 0 Å². The van der Waals surface area contributed by atoms with Crippen LogP contribution in [0.5, 0.6) is 0 Å². The lowest BCUT2D eigenvalue weighted by molar-refractivity contribution is -0.143. The van der Waals surface area contributed by atoms with E-state index in [1.54, 1.807) is 6.92 Å². The normalized spacial score (nSPS) is 31.4. The van der Waals surface area contributed by atoms with Gasteiger partial charge in [-0.3, -0.25) is 9.69 Å². The average Bonchev–Trinajstić information content (AvgIpc) is 2.01. The molecule has 1 heterocycles. The van der Waals surface area contributed by atoms with E-state index < -0.39 is 5.97 Å². The summed E-state index contributed by atoms with van der Waals surface area (Å²) in [5.41, 5.74) is 0. The molecule has 4 heteroatoms. The number of nitrogens with zero attached hydrogens (tertiary/aromatic N) is 1. The number of carboxylic acids is 1. The molecule has 0 saturated carbocycles. The summed E-state index contributed by atoms with van der Waals surface area (Å²) in [5, 5.41) is 8.79. The Kier molecular flexibility index (Phi) is 3.89. The minimum atomic E-state index is -0.725. The molecule has 0 aromatic rings. The summed E-state index contributed by atoms with van der Waals surface area (Å²) >= 11 is 0. The van der Waals surface area contributed by atoms with Gasteiger partial charge in [-0.15, -0.1) is 0 Å². The summed E-state index contributed by atoms with van der Waals surface area (Å²) in [6, 6.07) is 0. The molecule has 0 amide bonds. The first-order valence-electron chi connectivity index (χ1n) is 5.09. The molecule has 82 valence electrons. The van der Waals surface area contributed by atoms with Crippen molar-refractivity contribution < 1.29 is 14.6 Å². The fourth-order valence-corrected chi connectivity index (χ4v) is 1.90. The van der Waals surface area contributed by atoms with Crippen molar-refractivity contribution in [1.29, 1.82) is 0 Å². The first-order chi connectivity index (χ1) is 6.49. The molecule has 0 aromatic carbocycles. The van der Waals surface area contributed by atoms with Gasteiger partial charge in [-0.05, 0) is 13.8 Å². The van der Waals surface area contributed by atoms with Crippen molar-refractivity contribution in [2.45, 2.75) is 33.0 Å². The van der Waals surface area contributed by atoms with Gasteiger partial charge in [-0.2, -0.15) is 0 Å². The predicted molar refractivity (Wildman–Crippen MR) is 53.2 cm³/mol. The second kappa shape index (κ2) is 4.75. The number of rotatable bonds is 3. The largest absolute Gasteiger partial charge is 0.481 e. The maximum atomic E-state index is 10.7. The van der Waals surface area contributed by atoms with Crippen LogP contribution in [0, 0.1) is 5.92 Å². The van der Waals surface area contributed by atoms with Gasteiger partial charge in [0.1, 0.15) is 0 Å². The van der Waals surface area contributed by atoms with Crippen LogP contribution in [0.2, 0.25) is 0 Å². The number of hydrogen-bond acceptors (Lipinski definition) is 3. The zero-order valence-corrected chi connectivity index (χ0v) is 9.06. The topological polar surface area (TPSA) is 49.8 Å². The molecule has 14 heavy (non-hydrogen) atoms. The van der Waals surface area contributed by atoms with E-state index in [4.69, 9.17) is 9.84 Å².